The molecule has 29 heavy (non-hydrogen) atoms. The zero-order valence-electron chi connectivity index (χ0n) is 15.1. The molecule has 0 saturated carbocycles. The average Bonchev–Trinajstić information content (AvgIpc) is 2.71. The average molecular weight is 459 g/mol. The number of thioether (sulfide) groups is 2. The molecule has 0 radical (unpaired) electrons. The minimum absolute atomic E-state index is 0.326. The molecule has 0 unspecified atom stereocenters. The van der Waals surface area contributed by atoms with Crippen molar-refractivity contribution in [1.82, 2.24) is 5.43 Å². The Balaban J connectivity index is 1.71. The molecule has 146 valence electrons. The van der Waals surface area contributed by atoms with Crippen LogP contribution in [0.5, 0.6) is 0 Å². The lowest BCUT2D eigenvalue weighted by molar-refractivity contribution is -0.116. The maximum absolute atomic E-state index is 12.4. The number of hydrogen-bond donors (Lipinski definition) is 1. The molecule has 0 atom stereocenters. The lowest BCUT2D eigenvalue weighted by Gasteiger charge is -2.07. The zero-order chi connectivity index (χ0) is 20.5. The van der Waals surface area contributed by atoms with Gasteiger partial charge in [-0.1, -0.05) is 89.2 Å². The highest BCUT2D eigenvalue weighted by Crippen LogP contribution is 2.38. The van der Waals surface area contributed by atoms with Crippen molar-refractivity contribution in [2.75, 3.05) is 0 Å². The first-order valence-electron chi connectivity index (χ1n) is 8.56. The van der Waals surface area contributed by atoms with Crippen molar-refractivity contribution in [3.8, 4) is 0 Å². The molecule has 0 spiro atoms. The lowest BCUT2D eigenvalue weighted by atomic mass is 10.2. The second-order valence-corrected chi connectivity index (χ2v) is 9.03. The van der Waals surface area contributed by atoms with Crippen LogP contribution >= 0.6 is 46.7 Å². The van der Waals surface area contributed by atoms with Crippen LogP contribution in [0, 0.1) is 0 Å². The number of rotatable bonds is 7. The summed E-state index contributed by atoms with van der Waals surface area (Å²) in [5.41, 5.74) is 3.18. The van der Waals surface area contributed by atoms with Gasteiger partial charge in [-0.15, -0.1) is 0 Å². The van der Waals surface area contributed by atoms with Crippen LogP contribution in [0.2, 0.25) is 10.0 Å². The van der Waals surface area contributed by atoms with Gasteiger partial charge in [0.25, 0.3) is 5.91 Å². The third-order valence-electron chi connectivity index (χ3n) is 3.51. The van der Waals surface area contributed by atoms with Gasteiger partial charge in [0, 0.05) is 26.5 Å². The molecule has 0 aliphatic rings. The third kappa shape index (κ3) is 7.29. The molecule has 0 fully saturated rings. The first kappa shape index (κ1) is 21.5. The fourth-order valence-corrected chi connectivity index (χ4v) is 4.78. The number of carbonyl (C=O) groups is 1. The number of nitrogens with one attached hydrogen (secondary N) is 1. The third-order valence-corrected chi connectivity index (χ3v) is 6.23. The topological polar surface area (TPSA) is 41.5 Å². The van der Waals surface area contributed by atoms with E-state index < -0.39 is 0 Å². The van der Waals surface area contributed by atoms with Crippen molar-refractivity contribution in [3.63, 3.8) is 0 Å². The fraction of sp³-hybridized carbons (Fsp3) is 0. The predicted octanol–water partition coefficient (Wildman–Crippen LogP) is 6.87. The van der Waals surface area contributed by atoms with Crippen molar-refractivity contribution < 1.29 is 4.79 Å². The number of hydrazone groups is 1. The van der Waals surface area contributed by atoms with Gasteiger partial charge in [-0.2, -0.15) is 5.10 Å². The van der Waals surface area contributed by atoms with Gasteiger partial charge >= 0.3 is 0 Å². The van der Waals surface area contributed by atoms with Gasteiger partial charge in [0.05, 0.1) is 15.5 Å². The molecule has 0 aromatic heterocycles. The monoisotopic (exact) mass is 458 g/mol. The van der Waals surface area contributed by atoms with Crippen LogP contribution in [0.25, 0.3) is 0 Å². The summed E-state index contributed by atoms with van der Waals surface area (Å²) < 4.78 is 0.833. The molecule has 3 nitrogen and oxygen atoms in total. The van der Waals surface area contributed by atoms with E-state index in [9.17, 15) is 4.79 Å². The van der Waals surface area contributed by atoms with E-state index in [1.54, 1.807) is 18.2 Å². The minimum atomic E-state index is -0.326. The highest BCUT2D eigenvalue weighted by Gasteiger charge is 2.07. The smallest absolute Gasteiger partial charge is 0.265 e. The fourth-order valence-electron chi connectivity index (χ4n) is 2.20. The van der Waals surface area contributed by atoms with Crippen molar-refractivity contribution in [2.24, 2.45) is 5.10 Å². The Kier molecular flexibility index (Phi) is 8.25. The van der Waals surface area contributed by atoms with E-state index in [4.69, 9.17) is 23.2 Å². The molecule has 1 N–H and O–H groups in total. The van der Waals surface area contributed by atoms with Gasteiger partial charge in [0.1, 0.15) is 0 Å². The number of hydrogen-bond acceptors (Lipinski definition) is 4. The number of benzene rings is 3. The Labute approximate surface area is 188 Å². The van der Waals surface area contributed by atoms with Crippen LogP contribution in [-0.4, -0.2) is 12.1 Å². The van der Waals surface area contributed by atoms with E-state index in [-0.39, 0.29) is 5.91 Å². The summed E-state index contributed by atoms with van der Waals surface area (Å²) in [5, 5.41) is 4.99. The largest absolute Gasteiger partial charge is 0.268 e. The van der Waals surface area contributed by atoms with Gasteiger partial charge in [0.15, 0.2) is 0 Å². The van der Waals surface area contributed by atoms with Crippen molar-refractivity contribution in [2.45, 2.75) is 9.79 Å². The van der Waals surface area contributed by atoms with Crippen molar-refractivity contribution >= 4 is 58.8 Å². The Morgan fingerprint density at radius 3 is 2.00 bits per heavy atom. The summed E-state index contributed by atoms with van der Waals surface area (Å²) in [4.78, 5) is 14.5. The number of nitrogens with zero attached hydrogens (tertiary/aromatic N) is 1. The van der Waals surface area contributed by atoms with Crippen LogP contribution < -0.4 is 5.43 Å². The number of amides is 1. The quantitative estimate of drug-likeness (QED) is 0.181. The Bertz CT molecular complexity index is 982. The van der Waals surface area contributed by atoms with E-state index >= 15 is 0 Å². The summed E-state index contributed by atoms with van der Waals surface area (Å²) >= 11 is 15.0. The second-order valence-electron chi connectivity index (χ2n) is 5.69. The molecule has 7 heteroatoms. The van der Waals surface area contributed by atoms with E-state index in [1.165, 1.54) is 35.8 Å². The molecular weight excluding hydrogens is 443 g/mol. The Morgan fingerprint density at radius 1 is 0.862 bits per heavy atom. The van der Waals surface area contributed by atoms with E-state index in [0.717, 1.165) is 14.0 Å². The summed E-state index contributed by atoms with van der Waals surface area (Å²) in [6.45, 7) is 0. The second kappa shape index (κ2) is 11.1. The van der Waals surface area contributed by atoms with Crippen molar-refractivity contribution in [1.29, 1.82) is 0 Å². The SMILES string of the molecule is O=C(C=C(Sc1ccccc1)Sc1ccccc1)N/N=C/c1ccc(Cl)cc1Cl. The van der Waals surface area contributed by atoms with Crippen LogP contribution in [0.1, 0.15) is 5.56 Å². The van der Waals surface area contributed by atoms with E-state index in [1.807, 2.05) is 60.7 Å². The zero-order valence-corrected chi connectivity index (χ0v) is 18.2. The van der Waals surface area contributed by atoms with Crippen LogP contribution in [-0.2, 0) is 4.79 Å². The van der Waals surface area contributed by atoms with Crippen molar-refractivity contribution in [3.05, 3.63) is 105 Å². The van der Waals surface area contributed by atoms with Gasteiger partial charge in [-0.05, 0) is 36.4 Å². The Morgan fingerprint density at radius 2 is 1.45 bits per heavy atom. The molecule has 3 rings (SSSR count). The standard InChI is InChI=1S/C22H16Cl2N2OS2/c23-17-12-11-16(20(24)13-17)15-25-26-21(27)14-22(28-18-7-3-1-4-8-18)29-19-9-5-2-6-10-19/h1-15H,(H,26,27)/b25-15+. The maximum atomic E-state index is 12.4. The molecule has 0 bridgehead atoms. The molecule has 1 amide bonds. The number of carbonyl (C=O) groups excluding carboxylic acids is 1. The number of halogens is 2. The summed E-state index contributed by atoms with van der Waals surface area (Å²) in [6, 6.07) is 24.9. The molecule has 0 saturated heterocycles. The molecule has 0 aliphatic carbocycles. The molecule has 3 aromatic carbocycles. The first-order valence-corrected chi connectivity index (χ1v) is 10.9. The van der Waals surface area contributed by atoms with Gasteiger partial charge < -0.3 is 0 Å². The highest BCUT2D eigenvalue weighted by atomic mass is 35.5. The summed E-state index contributed by atoms with van der Waals surface area (Å²) in [6.07, 6.45) is 3.02. The summed E-state index contributed by atoms with van der Waals surface area (Å²) in [7, 11) is 0. The predicted molar refractivity (Wildman–Crippen MR) is 125 cm³/mol. The lowest BCUT2D eigenvalue weighted by Crippen LogP contribution is -2.14. The van der Waals surface area contributed by atoms with Gasteiger partial charge in [-0.3, -0.25) is 4.79 Å². The molecule has 0 heterocycles. The van der Waals surface area contributed by atoms with Gasteiger partial charge in [0.2, 0.25) is 0 Å². The van der Waals surface area contributed by atoms with Gasteiger partial charge in [-0.25, -0.2) is 5.43 Å². The van der Waals surface area contributed by atoms with E-state index in [2.05, 4.69) is 10.5 Å². The maximum Gasteiger partial charge on any atom is 0.265 e. The molecule has 3 aromatic rings. The molecular formula is C22H16Cl2N2OS2. The Hall–Kier alpha value is -2.18. The van der Waals surface area contributed by atoms with Crippen LogP contribution in [0.4, 0.5) is 0 Å². The normalized spacial score (nSPS) is 10.7. The highest BCUT2D eigenvalue weighted by molar-refractivity contribution is 8.22. The van der Waals surface area contributed by atoms with E-state index in [0.29, 0.717) is 15.6 Å². The van der Waals surface area contributed by atoms with Crippen LogP contribution in [0.15, 0.2) is 104 Å². The minimum Gasteiger partial charge on any atom is -0.268 e. The molecule has 0 aliphatic heterocycles. The summed E-state index contributed by atoms with van der Waals surface area (Å²) in [5.74, 6) is -0.326. The van der Waals surface area contributed by atoms with Crippen LogP contribution in [0.3, 0.4) is 0 Å². The first-order chi connectivity index (χ1) is 14.1.